The van der Waals surface area contributed by atoms with Gasteiger partial charge in [-0.2, -0.15) is 0 Å². The van der Waals surface area contributed by atoms with Crippen molar-refractivity contribution in [1.82, 2.24) is 0 Å². The molecule has 0 atom stereocenters. The van der Waals surface area contributed by atoms with Crippen molar-refractivity contribution in [2.75, 3.05) is 20.3 Å². The molecule has 0 unspecified atom stereocenters. The second-order valence-corrected chi connectivity index (χ2v) is 3.66. The third-order valence-corrected chi connectivity index (χ3v) is 2.27. The molecule has 1 rings (SSSR count). The molecule has 96 valence electrons. The second-order valence-electron chi connectivity index (χ2n) is 3.66. The Balaban J connectivity index is 0.00000289. The van der Waals surface area contributed by atoms with Crippen molar-refractivity contribution in [2.45, 2.75) is 12.8 Å². The third-order valence-electron chi connectivity index (χ3n) is 2.27. The van der Waals surface area contributed by atoms with Crippen LogP contribution in [0.25, 0.3) is 0 Å². The van der Waals surface area contributed by atoms with Crippen LogP contribution in [0.2, 0.25) is 0 Å². The molecule has 0 radical (unpaired) electrons. The van der Waals surface area contributed by atoms with Gasteiger partial charge in [0.1, 0.15) is 0 Å². The van der Waals surface area contributed by atoms with Crippen LogP contribution in [0.1, 0.15) is 12.8 Å². The molecule has 0 fully saturated rings. The number of para-hydroxylation sites is 1. The Labute approximate surface area is 148 Å². The molecule has 1 aromatic rings. The number of rotatable bonds is 7. The van der Waals surface area contributed by atoms with Crippen LogP contribution >= 0.6 is 0 Å². The smallest absolute Gasteiger partial charge is 0.497 e. The molecule has 0 aromatic heterocycles. The van der Waals surface area contributed by atoms with E-state index in [0.717, 1.165) is 12.5 Å². The van der Waals surface area contributed by atoms with E-state index < -0.39 is 12.4 Å². The maximum Gasteiger partial charge on any atom is 1.00 e. The van der Waals surface area contributed by atoms with Gasteiger partial charge in [0.15, 0.2) is 0 Å². The molecule has 1 aromatic carbocycles. The molecule has 7 heteroatoms. The largest absolute Gasteiger partial charge is 1.00 e. The van der Waals surface area contributed by atoms with Crippen LogP contribution in [0.4, 0.5) is 12.9 Å². The molecule has 0 aliphatic carbocycles. The molecule has 0 spiro atoms. The van der Waals surface area contributed by atoms with Crippen molar-refractivity contribution >= 4 is 12.4 Å². The Morgan fingerprint density at radius 1 is 1.06 bits per heavy atom. The van der Waals surface area contributed by atoms with Crippen molar-refractivity contribution in [1.29, 1.82) is 0 Å². The predicted molar refractivity (Wildman–Crippen MR) is 61.8 cm³/mol. The van der Waals surface area contributed by atoms with Gasteiger partial charge < -0.3 is 22.4 Å². The summed E-state index contributed by atoms with van der Waals surface area (Å²) < 4.78 is 47.9. The molecule has 18 heavy (non-hydrogen) atoms. The SMILES string of the molecule is COCCCCOc1ccccc1[B-](F)(F)F.[K+]. The summed E-state index contributed by atoms with van der Waals surface area (Å²) in [6.07, 6.45) is 1.45. The summed E-state index contributed by atoms with van der Waals surface area (Å²) in [5.74, 6) is -0.0857. The van der Waals surface area contributed by atoms with Gasteiger partial charge in [0.05, 0.1) is 12.4 Å². The summed E-state index contributed by atoms with van der Waals surface area (Å²) >= 11 is 0. The van der Waals surface area contributed by atoms with E-state index in [2.05, 4.69) is 0 Å². The number of halogens is 3. The Morgan fingerprint density at radius 2 is 1.67 bits per heavy atom. The fourth-order valence-electron chi connectivity index (χ4n) is 1.41. The molecule has 0 saturated carbocycles. The fourth-order valence-corrected chi connectivity index (χ4v) is 1.41. The summed E-state index contributed by atoms with van der Waals surface area (Å²) in [4.78, 5) is 0. The summed E-state index contributed by atoms with van der Waals surface area (Å²) in [6.45, 7) is -4.15. The Bertz CT molecular complexity index is 347. The first-order valence-electron chi connectivity index (χ1n) is 5.46. The quantitative estimate of drug-likeness (QED) is 0.499. The molecule has 0 N–H and O–H groups in total. The third kappa shape index (κ3) is 6.58. The van der Waals surface area contributed by atoms with E-state index in [1.54, 1.807) is 7.11 Å². The van der Waals surface area contributed by atoms with Gasteiger partial charge in [-0.3, -0.25) is 0 Å². The minimum atomic E-state index is -5.02. The van der Waals surface area contributed by atoms with Crippen LogP contribution in [0, 0.1) is 0 Å². The summed E-state index contributed by atoms with van der Waals surface area (Å²) in [7, 11) is 1.59. The molecular formula is C11H15BF3KO2. The first-order chi connectivity index (χ1) is 8.05. The van der Waals surface area contributed by atoms with E-state index in [9.17, 15) is 12.9 Å². The van der Waals surface area contributed by atoms with Gasteiger partial charge >= 0.3 is 58.4 Å². The maximum absolute atomic E-state index is 12.6. The molecular weight excluding hydrogens is 271 g/mol. The Morgan fingerprint density at radius 3 is 2.28 bits per heavy atom. The van der Waals surface area contributed by atoms with Gasteiger partial charge in [-0.25, -0.2) is 0 Å². The normalized spacial score (nSPS) is 10.9. The van der Waals surface area contributed by atoms with E-state index in [4.69, 9.17) is 9.47 Å². The van der Waals surface area contributed by atoms with Gasteiger partial charge in [-0.05, 0) is 18.9 Å². The zero-order chi connectivity index (χ0) is 12.7. The maximum atomic E-state index is 12.6. The summed E-state index contributed by atoms with van der Waals surface area (Å²) in [6, 6.07) is 5.30. The van der Waals surface area contributed by atoms with E-state index in [1.165, 1.54) is 18.2 Å². The van der Waals surface area contributed by atoms with Crippen molar-refractivity contribution in [3.05, 3.63) is 24.3 Å². The van der Waals surface area contributed by atoms with E-state index in [-0.39, 0.29) is 63.7 Å². The predicted octanol–water partition coefficient (Wildman–Crippen LogP) is -0.450. The van der Waals surface area contributed by atoms with E-state index in [1.807, 2.05) is 0 Å². The number of unbranched alkanes of at least 4 members (excludes halogenated alkanes) is 1. The molecule has 0 bridgehead atoms. The van der Waals surface area contributed by atoms with Crippen molar-refractivity contribution in [3.63, 3.8) is 0 Å². The first-order valence-corrected chi connectivity index (χ1v) is 5.46. The monoisotopic (exact) mass is 286 g/mol. The van der Waals surface area contributed by atoms with Gasteiger partial charge in [-0.15, -0.1) is 0 Å². The van der Waals surface area contributed by atoms with Crippen molar-refractivity contribution in [2.24, 2.45) is 0 Å². The van der Waals surface area contributed by atoms with Crippen LogP contribution in [0.15, 0.2) is 24.3 Å². The number of methoxy groups -OCH3 is 1. The van der Waals surface area contributed by atoms with Gasteiger partial charge in [-0.1, -0.05) is 23.7 Å². The topological polar surface area (TPSA) is 18.5 Å². The van der Waals surface area contributed by atoms with Gasteiger partial charge in [0.25, 0.3) is 0 Å². The van der Waals surface area contributed by atoms with Crippen LogP contribution < -0.4 is 61.6 Å². The fraction of sp³-hybridized carbons (Fsp3) is 0.455. The second kappa shape index (κ2) is 9.39. The van der Waals surface area contributed by atoms with Crippen LogP contribution in [0.5, 0.6) is 5.75 Å². The summed E-state index contributed by atoms with van der Waals surface area (Å²) in [5, 5.41) is 0. The minimum Gasteiger partial charge on any atom is -0.497 e. The van der Waals surface area contributed by atoms with Gasteiger partial charge in [0.2, 0.25) is 0 Å². The van der Waals surface area contributed by atoms with Gasteiger partial charge in [0, 0.05) is 13.7 Å². The number of hydrogen-bond acceptors (Lipinski definition) is 2. The van der Waals surface area contributed by atoms with Crippen molar-refractivity contribution < 1.29 is 73.8 Å². The van der Waals surface area contributed by atoms with Crippen molar-refractivity contribution in [3.8, 4) is 5.75 Å². The zero-order valence-corrected chi connectivity index (χ0v) is 13.8. The molecule has 2 nitrogen and oxygen atoms in total. The molecule has 0 aliphatic rings. The van der Waals surface area contributed by atoms with E-state index in [0.29, 0.717) is 13.0 Å². The number of benzene rings is 1. The van der Waals surface area contributed by atoms with Crippen LogP contribution in [-0.2, 0) is 4.74 Å². The van der Waals surface area contributed by atoms with Crippen LogP contribution in [0.3, 0.4) is 0 Å². The molecule has 0 saturated heterocycles. The molecule has 0 aliphatic heterocycles. The average molecular weight is 286 g/mol. The minimum absolute atomic E-state index is 0. The Kier molecular flexibility index (Phi) is 9.63. The standard InChI is InChI=1S/C11H15BF3O2.K/c1-16-8-4-5-9-17-11-7-3-2-6-10(11)12(13,14)15;/h2-3,6-7H,4-5,8-9H2,1H3;/q-1;+1. The number of hydrogen-bond donors (Lipinski definition) is 0. The molecule has 0 amide bonds. The average Bonchev–Trinajstić information content (AvgIpc) is 2.28. The summed E-state index contributed by atoms with van der Waals surface area (Å²) in [5.41, 5.74) is -0.667. The molecule has 0 heterocycles. The first kappa shape index (κ1) is 18.5. The number of ether oxygens (including phenoxy) is 2. The van der Waals surface area contributed by atoms with E-state index >= 15 is 0 Å². The van der Waals surface area contributed by atoms with Crippen LogP contribution in [-0.4, -0.2) is 27.3 Å². The zero-order valence-electron chi connectivity index (χ0n) is 10.7. The Hall–Kier alpha value is 0.471.